The Labute approximate surface area is 286 Å². The Morgan fingerprint density at radius 2 is 1.57 bits per heavy atom. The summed E-state index contributed by atoms with van der Waals surface area (Å²) in [6.07, 6.45) is 2.65. The number of thiazole rings is 1. The third-order valence-corrected chi connectivity index (χ3v) is 8.78. The van der Waals surface area contributed by atoms with Crippen LogP contribution >= 0.6 is 11.3 Å². The summed E-state index contributed by atoms with van der Waals surface area (Å²) in [5.41, 5.74) is 4.25. The molecule has 0 radical (unpaired) electrons. The van der Waals surface area contributed by atoms with Gasteiger partial charge in [0.2, 0.25) is 0 Å². The molecule has 2 heterocycles. The van der Waals surface area contributed by atoms with Gasteiger partial charge in [-0.2, -0.15) is 0 Å². The van der Waals surface area contributed by atoms with E-state index >= 15 is 0 Å². The number of rotatable bonds is 12. The highest BCUT2D eigenvalue weighted by atomic mass is 32.1. The predicted molar refractivity (Wildman–Crippen MR) is 192 cm³/mol. The summed E-state index contributed by atoms with van der Waals surface area (Å²) in [6, 6.07) is 26.9. The van der Waals surface area contributed by atoms with Crippen LogP contribution in [0, 0.1) is 0 Å². The van der Waals surface area contributed by atoms with Gasteiger partial charge in [0.25, 0.3) is 11.8 Å². The molecule has 0 saturated carbocycles. The molecule has 4 aromatic carbocycles. The second-order valence-electron chi connectivity index (χ2n) is 11.4. The Hall–Kier alpha value is -5.78. The van der Waals surface area contributed by atoms with E-state index in [1.54, 1.807) is 35.6 Å². The number of nitrogens with one attached hydrogen (secondary N) is 2. The van der Waals surface area contributed by atoms with E-state index in [9.17, 15) is 14.4 Å². The van der Waals surface area contributed by atoms with Gasteiger partial charge in [-0.05, 0) is 54.9 Å². The van der Waals surface area contributed by atoms with Gasteiger partial charge in [-0.3, -0.25) is 14.4 Å². The smallest absolute Gasteiger partial charge is 0.291 e. The van der Waals surface area contributed by atoms with Crippen molar-refractivity contribution in [2.24, 2.45) is 0 Å². The maximum Gasteiger partial charge on any atom is 0.291 e. The predicted octanol–water partition coefficient (Wildman–Crippen LogP) is 7.11. The molecule has 0 saturated heterocycles. The standard InChI is InChI=1S/C38H34N4O6S/c1-42(23-25-8-12-26(13-9-25)38-39-17-19-49-38)18-16-24-10-14-27(15-11-24)40-36(44)29-20-33(46-2)34(47-3)21-30(29)41-37(45)35-22-31(43)28-6-4-5-7-32(28)48-35/h4-15,17,19-22H,16,18,23H2,1-3H3,(H,40,44)(H,41,45). The number of aromatic nitrogens is 1. The van der Waals surface area contributed by atoms with Crippen molar-refractivity contribution in [3.63, 3.8) is 0 Å². The fourth-order valence-electron chi connectivity index (χ4n) is 5.35. The molecule has 11 heteroatoms. The van der Waals surface area contributed by atoms with E-state index in [2.05, 4.69) is 51.8 Å². The lowest BCUT2D eigenvalue weighted by molar-refractivity contribution is 0.0997. The molecule has 0 aliphatic heterocycles. The van der Waals surface area contributed by atoms with E-state index in [-0.39, 0.29) is 28.0 Å². The summed E-state index contributed by atoms with van der Waals surface area (Å²) in [5, 5.41) is 8.95. The maximum absolute atomic E-state index is 13.6. The number of ether oxygens (including phenoxy) is 2. The van der Waals surface area contributed by atoms with Crippen LogP contribution in [-0.2, 0) is 13.0 Å². The molecule has 49 heavy (non-hydrogen) atoms. The van der Waals surface area contributed by atoms with E-state index in [1.807, 2.05) is 35.8 Å². The molecule has 0 aliphatic rings. The lowest BCUT2D eigenvalue weighted by Crippen LogP contribution is -2.21. The number of carbonyl (C=O) groups is 2. The van der Waals surface area contributed by atoms with Crippen molar-refractivity contribution in [1.29, 1.82) is 0 Å². The zero-order valence-corrected chi connectivity index (χ0v) is 28.0. The average Bonchev–Trinajstić information content (AvgIpc) is 3.67. The van der Waals surface area contributed by atoms with Crippen LogP contribution in [0.5, 0.6) is 11.5 Å². The summed E-state index contributed by atoms with van der Waals surface area (Å²) in [6.45, 7) is 1.68. The van der Waals surface area contributed by atoms with Crippen LogP contribution in [0.3, 0.4) is 0 Å². The van der Waals surface area contributed by atoms with Crippen molar-refractivity contribution in [3.8, 4) is 22.1 Å². The third kappa shape index (κ3) is 7.86. The number of carbonyl (C=O) groups excluding carboxylic acids is 2. The molecule has 2 N–H and O–H groups in total. The summed E-state index contributed by atoms with van der Waals surface area (Å²) < 4.78 is 16.5. The maximum atomic E-state index is 13.6. The molecule has 0 aliphatic carbocycles. The van der Waals surface area contributed by atoms with E-state index in [0.29, 0.717) is 22.6 Å². The van der Waals surface area contributed by atoms with Crippen LogP contribution in [0.1, 0.15) is 32.0 Å². The van der Waals surface area contributed by atoms with Crippen molar-refractivity contribution in [2.45, 2.75) is 13.0 Å². The van der Waals surface area contributed by atoms with Crippen LogP contribution in [-0.4, -0.2) is 49.5 Å². The Balaban J connectivity index is 1.11. The monoisotopic (exact) mass is 674 g/mol. The zero-order valence-electron chi connectivity index (χ0n) is 27.2. The van der Waals surface area contributed by atoms with Gasteiger partial charge in [0.1, 0.15) is 10.6 Å². The number of benzene rings is 4. The molecular formula is C38H34N4O6S. The minimum Gasteiger partial charge on any atom is -0.493 e. The van der Waals surface area contributed by atoms with Crippen LogP contribution < -0.4 is 25.5 Å². The first-order valence-corrected chi connectivity index (χ1v) is 16.4. The van der Waals surface area contributed by atoms with Crippen LogP contribution in [0.15, 0.2) is 112 Å². The number of nitrogens with zero attached hydrogens (tertiary/aromatic N) is 2. The summed E-state index contributed by atoms with van der Waals surface area (Å²) in [7, 11) is 5.00. The average molecular weight is 675 g/mol. The molecule has 0 fully saturated rings. The normalized spacial score (nSPS) is 11.0. The Morgan fingerprint density at radius 1 is 0.857 bits per heavy atom. The van der Waals surface area contributed by atoms with Gasteiger partial charge in [-0.1, -0.05) is 48.5 Å². The highest BCUT2D eigenvalue weighted by molar-refractivity contribution is 7.13. The fourth-order valence-corrected chi connectivity index (χ4v) is 6.00. The van der Waals surface area contributed by atoms with Crippen LogP contribution in [0.2, 0.25) is 0 Å². The van der Waals surface area contributed by atoms with E-state index in [1.165, 1.54) is 31.9 Å². The van der Waals surface area contributed by atoms with Crippen LogP contribution in [0.25, 0.3) is 21.5 Å². The lowest BCUT2D eigenvalue weighted by atomic mass is 10.1. The van der Waals surface area contributed by atoms with Crippen molar-refractivity contribution in [1.82, 2.24) is 9.88 Å². The number of hydrogen-bond acceptors (Lipinski definition) is 9. The molecule has 2 aromatic heterocycles. The number of para-hydroxylation sites is 1. The van der Waals surface area contributed by atoms with E-state index < -0.39 is 11.8 Å². The minimum atomic E-state index is -0.703. The van der Waals surface area contributed by atoms with Gasteiger partial charge < -0.3 is 29.4 Å². The van der Waals surface area contributed by atoms with Gasteiger partial charge in [0.15, 0.2) is 22.7 Å². The second kappa shape index (κ2) is 15.0. The molecule has 0 spiro atoms. The highest BCUT2D eigenvalue weighted by Crippen LogP contribution is 2.34. The Morgan fingerprint density at radius 3 is 2.29 bits per heavy atom. The minimum absolute atomic E-state index is 0.125. The number of likely N-dealkylation sites (N-methyl/N-ethyl adjacent to an activating group) is 1. The van der Waals surface area contributed by atoms with E-state index in [0.717, 1.165) is 41.7 Å². The molecule has 6 aromatic rings. The summed E-state index contributed by atoms with van der Waals surface area (Å²) in [5.74, 6) is -0.777. The molecule has 2 amide bonds. The van der Waals surface area contributed by atoms with Crippen molar-refractivity contribution in [2.75, 3.05) is 38.4 Å². The van der Waals surface area contributed by atoms with Crippen molar-refractivity contribution in [3.05, 3.63) is 135 Å². The number of anilines is 2. The first-order chi connectivity index (χ1) is 23.8. The largest absolute Gasteiger partial charge is 0.493 e. The van der Waals surface area contributed by atoms with Crippen LogP contribution in [0.4, 0.5) is 11.4 Å². The van der Waals surface area contributed by atoms with Gasteiger partial charge >= 0.3 is 0 Å². The number of hydrogen-bond donors (Lipinski definition) is 2. The third-order valence-electron chi connectivity index (χ3n) is 7.95. The first-order valence-electron chi connectivity index (χ1n) is 15.5. The van der Waals surface area contributed by atoms with Gasteiger partial charge in [-0.15, -0.1) is 11.3 Å². The molecule has 10 nitrogen and oxygen atoms in total. The quantitative estimate of drug-likeness (QED) is 0.141. The Bertz CT molecular complexity index is 2150. The number of methoxy groups -OCH3 is 2. The first kappa shape index (κ1) is 33.1. The topological polar surface area (TPSA) is 123 Å². The number of amides is 2. The Kier molecular flexibility index (Phi) is 10.1. The summed E-state index contributed by atoms with van der Waals surface area (Å²) >= 11 is 1.63. The van der Waals surface area contributed by atoms with Crippen molar-refractivity contribution < 1.29 is 23.5 Å². The van der Waals surface area contributed by atoms with Gasteiger partial charge in [0, 0.05) is 48.0 Å². The molecule has 0 unspecified atom stereocenters. The SMILES string of the molecule is COc1cc(NC(=O)c2cc(=O)c3ccccc3o2)c(C(=O)Nc2ccc(CCN(C)Cc3ccc(-c4nccs4)cc3)cc2)cc1OC. The number of fused-ring (bicyclic) bond motifs is 1. The molecule has 0 atom stereocenters. The molecule has 6 rings (SSSR count). The second-order valence-corrected chi connectivity index (χ2v) is 12.2. The summed E-state index contributed by atoms with van der Waals surface area (Å²) in [4.78, 5) is 46.1. The lowest BCUT2D eigenvalue weighted by Gasteiger charge is -2.17. The van der Waals surface area contributed by atoms with E-state index in [4.69, 9.17) is 13.9 Å². The fraction of sp³-hybridized carbons (Fsp3) is 0.158. The molecule has 0 bridgehead atoms. The van der Waals surface area contributed by atoms with Gasteiger partial charge in [0.05, 0.1) is 30.9 Å². The highest BCUT2D eigenvalue weighted by Gasteiger charge is 2.21. The van der Waals surface area contributed by atoms with Gasteiger partial charge in [-0.25, -0.2) is 4.98 Å². The van der Waals surface area contributed by atoms with Crippen molar-refractivity contribution >= 4 is 45.5 Å². The molecule has 248 valence electrons. The zero-order chi connectivity index (χ0) is 34.3. The molecular weight excluding hydrogens is 641 g/mol.